The van der Waals surface area contributed by atoms with Gasteiger partial charge in [0, 0.05) is 21.2 Å². The molecule has 0 aliphatic carbocycles. The van der Waals surface area contributed by atoms with Gasteiger partial charge in [0.15, 0.2) is 6.23 Å². The van der Waals surface area contributed by atoms with Crippen molar-refractivity contribution in [1.82, 2.24) is 19.7 Å². The highest BCUT2D eigenvalue weighted by Crippen LogP contribution is 2.32. The van der Waals surface area contributed by atoms with Crippen LogP contribution in [0.4, 0.5) is 19.1 Å². The van der Waals surface area contributed by atoms with Crippen LogP contribution >= 0.6 is 0 Å². The summed E-state index contributed by atoms with van der Waals surface area (Å²) in [5.74, 6) is -1.16. The maximum Gasteiger partial charge on any atom is 0.433 e. The highest BCUT2D eigenvalue weighted by Gasteiger charge is 2.35. The van der Waals surface area contributed by atoms with Crippen molar-refractivity contribution in [2.24, 2.45) is 7.05 Å². The lowest BCUT2D eigenvalue weighted by molar-refractivity contribution is -0.141. The normalized spacial score (nSPS) is 12.9. The molecular formula is C13H14F3N5O3. The van der Waals surface area contributed by atoms with Crippen LogP contribution < -0.4 is 4.90 Å². The van der Waals surface area contributed by atoms with Gasteiger partial charge in [-0.2, -0.15) is 23.3 Å². The van der Waals surface area contributed by atoms with Crippen molar-refractivity contribution in [1.29, 1.82) is 0 Å². The summed E-state index contributed by atoms with van der Waals surface area (Å²) in [4.78, 5) is 20.1. The number of nitrogens with zero attached hydrogens (tertiary/aromatic N) is 5. The van der Waals surface area contributed by atoms with Crippen molar-refractivity contribution < 1.29 is 27.8 Å². The first kappa shape index (κ1) is 17.7. The number of aromatic carboxylic acids is 1. The molecule has 2 aromatic rings. The van der Waals surface area contributed by atoms with E-state index in [1.807, 2.05) is 0 Å². The zero-order chi connectivity index (χ0) is 18.1. The molecule has 1 atom stereocenters. The molecule has 0 saturated heterocycles. The molecule has 0 saturated carbocycles. The highest BCUT2D eigenvalue weighted by atomic mass is 19.4. The zero-order valence-corrected chi connectivity index (χ0v) is 12.9. The Hall–Kier alpha value is -2.69. The lowest BCUT2D eigenvalue weighted by Crippen LogP contribution is -2.31. The van der Waals surface area contributed by atoms with Gasteiger partial charge in [0.05, 0.1) is 5.56 Å². The number of anilines is 1. The Kier molecular flexibility index (Phi) is 4.73. The molecule has 11 heteroatoms. The average molecular weight is 345 g/mol. The summed E-state index contributed by atoms with van der Waals surface area (Å²) >= 11 is 0. The summed E-state index contributed by atoms with van der Waals surface area (Å²) in [6.45, 7) is 0. The second kappa shape index (κ2) is 6.43. The zero-order valence-electron chi connectivity index (χ0n) is 12.9. The Morgan fingerprint density at radius 1 is 1.42 bits per heavy atom. The molecule has 0 aliphatic heterocycles. The molecule has 0 aliphatic rings. The summed E-state index contributed by atoms with van der Waals surface area (Å²) in [7, 11) is 4.28. The second-order valence-electron chi connectivity index (χ2n) is 4.81. The van der Waals surface area contributed by atoms with Crippen LogP contribution in [0.25, 0.3) is 0 Å². The molecule has 1 unspecified atom stereocenters. The number of rotatable bonds is 5. The van der Waals surface area contributed by atoms with Gasteiger partial charge in [-0.15, -0.1) is 0 Å². The maximum atomic E-state index is 12.9. The predicted octanol–water partition coefficient (Wildman–Crippen LogP) is 1.71. The first-order valence-corrected chi connectivity index (χ1v) is 6.58. The van der Waals surface area contributed by atoms with Crippen LogP contribution in [0, 0.1) is 0 Å². The maximum absolute atomic E-state index is 12.9. The van der Waals surface area contributed by atoms with Crippen LogP contribution in [0.3, 0.4) is 0 Å². The molecule has 1 N–H and O–H groups in total. The lowest BCUT2D eigenvalue weighted by Gasteiger charge is -2.28. The number of aromatic nitrogens is 4. The quantitative estimate of drug-likeness (QED) is 0.825. The van der Waals surface area contributed by atoms with E-state index in [4.69, 9.17) is 4.74 Å². The SMILES string of the molecule is COC(c1nc(C(F)(F)F)ccc1C(=O)O)N(C)c1ncnn1C. The Morgan fingerprint density at radius 3 is 2.54 bits per heavy atom. The number of hydrogen-bond donors (Lipinski definition) is 1. The summed E-state index contributed by atoms with van der Waals surface area (Å²) < 4.78 is 45.3. The van der Waals surface area contributed by atoms with Crippen molar-refractivity contribution in [3.8, 4) is 0 Å². The number of aryl methyl sites for hydroxylation is 1. The van der Waals surface area contributed by atoms with Gasteiger partial charge in [0.2, 0.25) is 5.95 Å². The second-order valence-corrected chi connectivity index (χ2v) is 4.81. The molecule has 8 nitrogen and oxygen atoms in total. The van der Waals surface area contributed by atoms with Crippen molar-refractivity contribution in [3.63, 3.8) is 0 Å². The number of halogens is 3. The molecule has 0 aromatic carbocycles. The van der Waals surface area contributed by atoms with Crippen molar-refractivity contribution >= 4 is 11.9 Å². The third kappa shape index (κ3) is 3.30. The van der Waals surface area contributed by atoms with E-state index in [0.29, 0.717) is 6.07 Å². The van der Waals surface area contributed by atoms with Crippen LogP contribution in [-0.2, 0) is 18.0 Å². The molecule has 2 aromatic heterocycles. The summed E-state index contributed by atoms with van der Waals surface area (Å²) in [5.41, 5.74) is -2.00. The van der Waals surface area contributed by atoms with Crippen LogP contribution in [0.5, 0.6) is 0 Å². The largest absolute Gasteiger partial charge is 0.478 e. The molecule has 0 fully saturated rings. The molecule has 0 radical (unpaired) electrons. The fourth-order valence-corrected chi connectivity index (χ4v) is 2.17. The predicted molar refractivity (Wildman–Crippen MR) is 75.4 cm³/mol. The summed E-state index contributed by atoms with van der Waals surface area (Å²) in [5, 5.41) is 13.1. The molecule has 0 bridgehead atoms. The number of carboxylic acid groups (broad SMARTS) is 1. The minimum atomic E-state index is -4.71. The monoisotopic (exact) mass is 345 g/mol. The van der Waals surface area contributed by atoms with E-state index in [-0.39, 0.29) is 11.6 Å². The fraction of sp³-hybridized carbons (Fsp3) is 0.385. The third-order valence-electron chi connectivity index (χ3n) is 3.26. The number of methoxy groups -OCH3 is 1. The van der Waals surface area contributed by atoms with Crippen LogP contribution in [0.15, 0.2) is 18.5 Å². The molecular weight excluding hydrogens is 331 g/mol. The van der Waals surface area contributed by atoms with Crippen LogP contribution in [0.1, 0.15) is 28.0 Å². The lowest BCUT2D eigenvalue weighted by atomic mass is 10.1. The van der Waals surface area contributed by atoms with Gasteiger partial charge in [0.1, 0.15) is 17.7 Å². The van der Waals surface area contributed by atoms with Gasteiger partial charge in [0.25, 0.3) is 0 Å². The highest BCUT2D eigenvalue weighted by molar-refractivity contribution is 5.89. The van der Waals surface area contributed by atoms with E-state index in [1.165, 1.54) is 30.1 Å². The number of ether oxygens (including phenoxy) is 1. The fourth-order valence-electron chi connectivity index (χ4n) is 2.17. The minimum Gasteiger partial charge on any atom is -0.478 e. The van der Waals surface area contributed by atoms with E-state index < -0.39 is 29.6 Å². The van der Waals surface area contributed by atoms with Crippen LogP contribution in [-0.4, -0.2) is 45.0 Å². The Morgan fingerprint density at radius 2 is 2.08 bits per heavy atom. The molecule has 24 heavy (non-hydrogen) atoms. The van der Waals surface area contributed by atoms with Gasteiger partial charge in [-0.3, -0.25) is 0 Å². The Labute approximate surface area is 134 Å². The minimum absolute atomic E-state index is 0.261. The third-order valence-corrected chi connectivity index (χ3v) is 3.26. The molecule has 2 rings (SSSR count). The Bertz CT molecular complexity index is 747. The molecule has 0 spiro atoms. The molecule has 2 heterocycles. The number of pyridine rings is 1. The number of alkyl halides is 3. The van der Waals surface area contributed by atoms with Gasteiger partial charge >= 0.3 is 12.1 Å². The van der Waals surface area contributed by atoms with E-state index >= 15 is 0 Å². The number of carbonyl (C=O) groups is 1. The first-order chi connectivity index (χ1) is 11.2. The van der Waals surface area contributed by atoms with Crippen LogP contribution in [0.2, 0.25) is 0 Å². The first-order valence-electron chi connectivity index (χ1n) is 6.58. The standard InChI is InChI=1S/C13H14F3N5O3/c1-20(12-17-6-18-21(12)2)10(24-3)9-7(11(22)23)4-5-8(19-9)13(14,15)16/h4-6,10H,1-3H3,(H,22,23). The molecule has 130 valence electrons. The van der Waals surface area contributed by atoms with E-state index in [9.17, 15) is 23.1 Å². The van der Waals surface area contributed by atoms with Crippen molar-refractivity contribution in [2.45, 2.75) is 12.4 Å². The van der Waals surface area contributed by atoms with E-state index in [1.54, 1.807) is 7.05 Å². The van der Waals surface area contributed by atoms with Gasteiger partial charge < -0.3 is 14.7 Å². The summed E-state index contributed by atoms with van der Waals surface area (Å²) in [6, 6.07) is 1.46. The number of hydrogen-bond acceptors (Lipinski definition) is 6. The topological polar surface area (TPSA) is 93.4 Å². The summed E-state index contributed by atoms with van der Waals surface area (Å²) in [6.07, 6.45) is -4.68. The average Bonchev–Trinajstić information content (AvgIpc) is 2.92. The smallest absolute Gasteiger partial charge is 0.433 e. The van der Waals surface area contributed by atoms with Gasteiger partial charge in [-0.05, 0) is 12.1 Å². The van der Waals surface area contributed by atoms with Crippen molar-refractivity contribution in [2.75, 3.05) is 19.1 Å². The van der Waals surface area contributed by atoms with Crippen molar-refractivity contribution in [3.05, 3.63) is 35.4 Å². The Balaban J connectivity index is 2.57. The van der Waals surface area contributed by atoms with Gasteiger partial charge in [-0.1, -0.05) is 0 Å². The van der Waals surface area contributed by atoms with E-state index in [2.05, 4.69) is 15.1 Å². The van der Waals surface area contributed by atoms with E-state index in [0.717, 1.165) is 6.07 Å². The molecule has 0 amide bonds. The van der Waals surface area contributed by atoms with Gasteiger partial charge in [-0.25, -0.2) is 14.5 Å². The number of carboxylic acids is 1.